The van der Waals surface area contributed by atoms with Gasteiger partial charge in [0.05, 0.1) is 11.1 Å². The number of rotatable bonds is 1. The van der Waals surface area contributed by atoms with Crippen molar-refractivity contribution >= 4 is 22.6 Å². The Balaban J connectivity index is 1.80. The number of hydrogen-bond acceptors (Lipinski definition) is 3. The summed E-state index contributed by atoms with van der Waals surface area (Å²) >= 11 is 5.92. The Morgan fingerprint density at radius 1 is 1.10 bits per heavy atom. The molecule has 2 aromatic rings. The Labute approximate surface area is 123 Å². The molecular weight excluding hydrogens is 303 g/mol. The SMILES string of the molecule is Cc1ccc2c(C34CC(C(F)(F)F)(C3)C4)nc(Cl)nc2n1. The van der Waals surface area contributed by atoms with E-state index in [0.29, 0.717) is 16.7 Å². The van der Waals surface area contributed by atoms with E-state index in [1.807, 2.05) is 19.1 Å². The van der Waals surface area contributed by atoms with Gasteiger partial charge in [-0.25, -0.2) is 9.97 Å². The van der Waals surface area contributed by atoms with Crippen LogP contribution in [0, 0.1) is 12.3 Å². The van der Waals surface area contributed by atoms with E-state index in [0.717, 1.165) is 5.69 Å². The Hall–Kier alpha value is -1.43. The fraction of sp³-hybridized carbons (Fsp3) is 0.500. The second-order valence-electron chi connectivity index (χ2n) is 6.25. The summed E-state index contributed by atoms with van der Waals surface area (Å²) in [6.07, 6.45) is -3.84. The highest BCUT2D eigenvalue weighted by Crippen LogP contribution is 2.78. The van der Waals surface area contributed by atoms with Gasteiger partial charge in [-0.1, -0.05) is 0 Å². The van der Waals surface area contributed by atoms with E-state index in [4.69, 9.17) is 11.6 Å². The molecule has 0 amide bonds. The molecule has 0 saturated heterocycles. The number of alkyl halides is 3. The zero-order valence-electron chi connectivity index (χ0n) is 11.1. The monoisotopic (exact) mass is 313 g/mol. The van der Waals surface area contributed by atoms with Gasteiger partial charge in [0.25, 0.3) is 0 Å². The normalized spacial score (nSPS) is 30.9. The minimum absolute atomic E-state index is 0.0429. The van der Waals surface area contributed by atoms with Gasteiger partial charge in [-0.15, -0.1) is 0 Å². The van der Waals surface area contributed by atoms with E-state index in [1.54, 1.807) is 0 Å². The number of aromatic nitrogens is 3. The highest BCUT2D eigenvalue weighted by atomic mass is 35.5. The maximum absolute atomic E-state index is 13.0. The zero-order chi connectivity index (χ0) is 15.0. The molecule has 0 N–H and O–H groups in total. The lowest BCUT2D eigenvalue weighted by Crippen LogP contribution is -2.70. The molecule has 2 bridgehead atoms. The van der Waals surface area contributed by atoms with Crippen molar-refractivity contribution in [2.75, 3.05) is 0 Å². The summed E-state index contributed by atoms with van der Waals surface area (Å²) in [5.74, 6) is 0. The van der Waals surface area contributed by atoms with Crippen LogP contribution in [0.2, 0.25) is 5.28 Å². The summed E-state index contributed by atoms with van der Waals surface area (Å²) in [5, 5.41) is 0.752. The van der Waals surface area contributed by atoms with Gasteiger partial charge in [0.1, 0.15) is 0 Å². The number of halogens is 4. The fourth-order valence-corrected chi connectivity index (χ4v) is 3.99. The number of aryl methyl sites for hydroxylation is 1. The first kappa shape index (κ1) is 13.2. The van der Waals surface area contributed by atoms with Gasteiger partial charge in [-0.2, -0.15) is 18.2 Å². The predicted octanol–water partition coefficient (Wildman–Crippen LogP) is 3.97. The zero-order valence-corrected chi connectivity index (χ0v) is 11.9. The first-order chi connectivity index (χ1) is 9.75. The Kier molecular flexibility index (Phi) is 2.31. The lowest BCUT2D eigenvalue weighted by Gasteiger charge is -2.70. The molecule has 0 aromatic carbocycles. The Morgan fingerprint density at radius 2 is 1.76 bits per heavy atom. The van der Waals surface area contributed by atoms with Crippen molar-refractivity contribution in [1.82, 2.24) is 15.0 Å². The fourth-order valence-electron chi connectivity index (χ4n) is 3.82. The van der Waals surface area contributed by atoms with Crippen molar-refractivity contribution in [2.45, 2.75) is 37.8 Å². The van der Waals surface area contributed by atoms with Crippen LogP contribution in [0.5, 0.6) is 0 Å². The molecule has 2 aromatic heterocycles. The third kappa shape index (κ3) is 1.59. The summed E-state index contributed by atoms with van der Waals surface area (Å²) in [6, 6.07) is 3.64. The van der Waals surface area contributed by atoms with Crippen molar-refractivity contribution < 1.29 is 13.2 Å². The molecule has 110 valence electrons. The maximum Gasteiger partial charge on any atom is 0.394 e. The molecule has 2 heterocycles. The van der Waals surface area contributed by atoms with Crippen LogP contribution < -0.4 is 0 Å². The summed E-state index contributed by atoms with van der Waals surface area (Å²) < 4.78 is 39.0. The number of pyridine rings is 1. The number of nitrogens with zero attached hydrogens (tertiary/aromatic N) is 3. The summed E-state index contributed by atoms with van der Waals surface area (Å²) in [5.41, 5.74) is -0.147. The largest absolute Gasteiger partial charge is 0.394 e. The van der Waals surface area contributed by atoms with Crippen LogP contribution in [0.25, 0.3) is 11.0 Å². The van der Waals surface area contributed by atoms with Gasteiger partial charge < -0.3 is 0 Å². The van der Waals surface area contributed by atoms with Crippen LogP contribution in [-0.2, 0) is 5.41 Å². The first-order valence-corrected chi connectivity index (χ1v) is 7.01. The maximum atomic E-state index is 13.0. The van der Waals surface area contributed by atoms with Crippen LogP contribution >= 0.6 is 11.6 Å². The molecule has 0 radical (unpaired) electrons. The van der Waals surface area contributed by atoms with Crippen molar-refractivity contribution in [2.24, 2.45) is 5.41 Å². The second-order valence-corrected chi connectivity index (χ2v) is 6.59. The van der Waals surface area contributed by atoms with Crippen molar-refractivity contribution in [3.63, 3.8) is 0 Å². The highest BCUT2D eigenvalue weighted by molar-refractivity contribution is 6.28. The highest BCUT2D eigenvalue weighted by Gasteiger charge is 2.79. The lowest BCUT2D eigenvalue weighted by molar-refractivity contribution is -0.337. The van der Waals surface area contributed by atoms with Crippen molar-refractivity contribution in [3.8, 4) is 0 Å². The predicted molar refractivity (Wildman–Crippen MR) is 71.1 cm³/mol. The van der Waals surface area contributed by atoms with Gasteiger partial charge in [0, 0.05) is 16.5 Å². The number of hydrogen-bond donors (Lipinski definition) is 0. The first-order valence-electron chi connectivity index (χ1n) is 6.63. The molecule has 3 fully saturated rings. The van der Waals surface area contributed by atoms with Crippen molar-refractivity contribution in [1.29, 1.82) is 0 Å². The molecule has 0 unspecified atom stereocenters. The molecule has 3 aliphatic rings. The molecule has 3 aliphatic carbocycles. The molecule has 7 heteroatoms. The molecule has 3 saturated carbocycles. The average Bonchev–Trinajstić information content (AvgIpc) is 2.21. The van der Waals surface area contributed by atoms with Gasteiger partial charge in [0.15, 0.2) is 5.65 Å². The van der Waals surface area contributed by atoms with E-state index in [9.17, 15) is 13.2 Å². The van der Waals surface area contributed by atoms with Crippen LogP contribution in [-0.4, -0.2) is 21.1 Å². The minimum atomic E-state index is -4.13. The summed E-state index contributed by atoms with van der Waals surface area (Å²) in [6.45, 7) is 1.83. The Morgan fingerprint density at radius 3 is 2.38 bits per heavy atom. The number of fused-ring (bicyclic) bond motifs is 1. The van der Waals surface area contributed by atoms with Crippen molar-refractivity contribution in [3.05, 3.63) is 28.8 Å². The summed E-state index contributed by atoms with van der Waals surface area (Å²) in [4.78, 5) is 12.6. The van der Waals surface area contributed by atoms with E-state index >= 15 is 0 Å². The average molecular weight is 314 g/mol. The molecule has 5 rings (SSSR count). The minimum Gasteiger partial charge on any atom is -0.233 e. The van der Waals surface area contributed by atoms with Gasteiger partial charge >= 0.3 is 6.18 Å². The summed E-state index contributed by atoms with van der Waals surface area (Å²) in [7, 11) is 0. The molecular formula is C14H11ClF3N3. The molecule has 0 aliphatic heterocycles. The molecule has 0 spiro atoms. The van der Waals surface area contributed by atoms with Gasteiger partial charge in [-0.05, 0) is 49.9 Å². The van der Waals surface area contributed by atoms with Gasteiger partial charge in [0.2, 0.25) is 5.28 Å². The van der Waals surface area contributed by atoms with Gasteiger partial charge in [-0.3, -0.25) is 0 Å². The van der Waals surface area contributed by atoms with Crippen LogP contribution in [0.4, 0.5) is 13.2 Å². The molecule has 3 nitrogen and oxygen atoms in total. The second kappa shape index (κ2) is 3.66. The topological polar surface area (TPSA) is 38.7 Å². The third-order valence-corrected chi connectivity index (χ3v) is 4.97. The molecule has 21 heavy (non-hydrogen) atoms. The van der Waals surface area contributed by atoms with E-state index in [1.165, 1.54) is 0 Å². The van der Waals surface area contributed by atoms with E-state index in [-0.39, 0.29) is 24.5 Å². The van der Waals surface area contributed by atoms with Crippen LogP contribution in [0.1, 0.15) is 30.7 Å². The molecule has 0 atom stereocenters. The van der Waals surface area contributed by atoms with Crippen LogP contribution in [0.3, 0.4) is 0 Å². The van der Waals surface area contributed by atoms with E-state index < -0.39 is 17.0 Å². The quantitative estimate of drug-likeness (QED) is 0.748. The lowest BCUT2D eigenvalue weighted by atomic mass is 9.33. The smallest absolute Gasteiger partial charge is 0.233 e. The Bertz CT molecular complexity index is 747. The van der Waals surface area contributed by atoms with Crippen LogP contribution in [0.15, 0.2) is 12.1 Å². The van der Waals surface area contributed by atoms with E-state index in [2.05, 4.69) is 15.0 Å². The standard InChI is InChI=1S/C14H11ClF3N3/c1-7-2-3-8-9(20-11(15)21-10(8)19-7)12-4-13(5-12,6-12)14(16,17)18/h2-3H,4-6H2,1H3. The third-order valence-electron chi connectivity index (χ3n) is 4.81.